The minimum Gasteiger partial charge on any atom is -0.507 e. The third-order valence-electron chi connectivity index (χ3n) is 3.84. The molecule has 0 unspecified atom stereocenters. The number of para-hydroxylation sites is 1. The van der Waals surface area contributed by atoms with Gasteiger partial charge in [-0.15, -0.1) is 11.3 Å². The van der Waals surface area contributed by atoms with E-state index in [0.29, 0.717) is 11.1 Å². The Morgan fingerprint density at radius 3 is 2.70 bits per heavy atom. The van der Waals surface area contributed by atoms with Crippen LogP contribution < -0.4 is 5.32 Å². The van der Waals surface area contributed by atoms with Crippen LogP contribution >= 0.6 is 11.3 Å². The van der Waals surface area contributed by atoms with Gasteiger partial charge in [-0.3, -0.25) is 4.79 Å². The molecule has 0 saturated carbocycles. The lowest BCUT2D eigenvalue weighted by Gasteiger charge is -2.03. The third kappa shape index (κ3) is 2.43. The molecule has 0 spiro atoms. The Morgan fingerprint density at radius 2 is 1.91 bits per heavy atom. The van der Waals surface area contributed by atoms with E-state index in [2.05, 4.69) is 11.4 Å². The minimum atomic E-state index is -0.147. The molecule has 112 valence electrons. The van der Waals surface area contributed by atoms with E-state index in [1.165, 1.54) is 4.88 Å². The van der Waals surface area contributed by atoms with Crippen molar-refractivity contribution in [1.29, 1.82) is 0 Å². The molecule has 1 aliphatic heterocycles. The molecule has 23 heavy (non-hydrogen) atoms. The van der Waals surface area contributed by atoms with Crippen molar-refractivity contribution in [3.63, 3.8) is 0 Å². The van der Waals surface area contributed by atoms with Crippen molar-refractivity contribution in [1.82, 2.24) is 0 Å². The topological polar surface area (TPSA) is 49.3 Å². The van der Waals surface area contributed by atoms with Crippen LogP contribution in [0.25, 0.3) is 22.1 Å². The van der Waals surface area contributed by atoms with Crippen LogP contribution in [0.15, 0.2) is 60.0 Å². The fraction of sp³-hybridized carbons (Fsp3) is 0. The molecule has 3 nitrogen and oxygen atoms in total. The van der Waals surface area contributed by atoms with Crippen LogP contribution in [0.1, 0.15) is 11.1 Å². The van der Waals surface area contributed by atoms with Gasteiger partial charge >= 0.3 is 0 Å². The van der Waals surface area contributed by atoms with Gasteiger partial charge in [0.25, 0.3) is 5.91 Å². The Balaban J connectivity index is 1.79. The van der Waals surface area contributed by atoms with E-state index < -0.39 is 0 Å². The van der Waals surface area contributed by atoms with Crippen molar-refractivity contribution in [2.45, 2.75) is 0 Å². The van der Waals surface area contributed by atoms with Crippen LogP contribution in [0.3, 0.4) is 0 Å². The smallest absolute Gasteiger partial charge is 0.256 e. The summed E-state index contributed by atoms with van der Waals surface area (Å²) in [6, 6.07) is 17.0. The molecule has 3 aromatic rings. The number of fused-ring (bicyclic) bond motifs is 1. The fourth-order valence-electron chi connectivity index (χ4n) is 2.70. The highest BCUT2D eigenvalue weighted by Crippen LogP contribution is 2.37. The lowest BCUT2D eigenvalue weighted by molar-refractivity contribution is -0.110. The minimum absolute atomic E-state index is 0.147. The number of carbonyl (C=O) groups excluding carboxylic acids is 1. The molecule has 0 radical (unpaired) electrons. The fourth-order valence-corrected chi connectivity index (χ4v) is 3.42. The van der Waals surface area contributed by atoms with E-state index >= 15 is 0 Å². The summed E-state index contributed by atoms with van der Waals surface area (Å²) in [6.07, 6.45) is 1.72. The molecule has 0 fully saturated rings. The summed E-state index contributed by atoms with van der Waals surface area (Å²) in [5.41, 5.74) is 3.95. The first-order valence-electron chi connectivity index (χ1n) is 7.22. The molecule has 2 aromatic carbocycles. The lowest BCUT2D eigenvalue weighted by atomic mass is 10.0. The quantitative estimate of drug-likeness (QED) is 0.678. The summed E-state index contributed by atoms with van der Waals surface area (Å²) in [5, 5.41) is 14.8. The molecule has 0 saturated heterocycles. The zero-order valence-electron chi connectivity index (χ0n) is 12.1. The number of phenolic OH excluding ortho intramolecular Hbond substituents is 1. The highest BCUT2D eigenvalue weighted by Gasteiger charge is 2.24. The van der Waals surface area contributed by atoms with Gasteiger partial charge < -0.3 is 10.4 Å². The van der Waals surface area contributed by atoms with Gasteiger partial charge in [-0.05, 0) is 35.2 Å². The number of carbonyl (C=O) groups is 1. The molecule has 0 atom stereocenters. The van der Waals surface area contributed by atoms with E-state index in [1.54, 1.807) is 35.6 Å². The highest BCUT2D eigenvalue weighted by atomic mass is 32.1. The summed E-state index contributed by atoms with van der Waals surface area (Å²) in [7, 11) is 0. The SMILES string of the molecule is O=C1Nc2cc(-c3cccs3)ccc2/C1=C/c1ccccc1O. The number of hydrogen-bond acceptors (Lipinski definition) is 3. The molecule has 4 heteroatoms. The first-order chi connectivity index (χ1) is 11.2. The molecule has 1 aromatic heterocycles. The Morgan fingerprint density at radius 1 is 1.04 bits per heavy atom. The molecule has 0 bridgehead atoms. The molecular formula is C19H13NO2S. The van der Waals surface area contributed by atoms with Crippen LogP contribution in [0.2, 0.25) is 0 Å². The number of hydrogen-bond donors (Lipinski definition) is 2. The van der Waals surface area contributed by atoms with Gasteiger partial charge in [0.2, 0.25) is 0 Å². The third-order valence-corrected chi connectivity index (χ3v) is 4.76. The van der Waals surface area contributed by atoms with E-state index in [9.17, 15) is 9.90 Å². The van der Waals surface area contributed by atoms with Crippen molar-refractivity contribution in [2.24, 2.45) is 0 Å². The molecular weight excluding hydrogens is 306 g/mol. The monoisotopic (exact) mass is 319 g/mol. The highest BCUT2D eigenvalue weighted by molar-refractivity contribution is 7.13. The van der Waals surface area contributed by atoms with Gasteiger partial charge in [0, 0.05) is 27.3 Å². The second-order valence-electron chi connectivity index (χ2n) is 5.31. The number of anilines is 1. The molecule has 2 heterocycles. The first kappa shape index (κ1) is 13.8. The second kappa shape index (κ2) is 5.41. The van der Waals surface area contributed by atoms with E-state index in [4.69, 9.17) is 0 Å². The predicted molar refractivity (Wildman–Crippen MR) is 94.4 cm³/mol. The van der Waals surface area contributed by atoms with Crippen molar-refractivity contribution in [3.05, 3.63) is 71.1 Å². The Hall–Kier alpha value is -2.85. The van der Waals surface area contributed by atoms with Gasteiger partial charge in [-0.25, -0.2) is 0 Å². The Bertz CT molecular complexity index is 926. The van der Waals surface area contributed by atoms with Crippen molar-refractivity contribution >= 4 is 34.6 Å². The van der Waals surface area contributed by atoms with Gasteiger partial charge in [0.1, 0.15) is 5.75 Å². The maximum absolute atomic E-state index is 12.3. The summed E-state index contributed by atoms with van der Waals surface area (Å²) in [5.74, 6) is 0.0167. The predicted octanol–water partition coefficient (Wildman–Crippen LogP) is 4.61. The summed E-state index contributed by atoms with van der Waals surface area (Å²) in [6.45, 7) is 0. The summed E-state index contributed by atoms with van der Waals surface area (Å²) < 4.78 is 0. The number of benzene rings is 2. The molecule has 0 aliphatic carbocycles. The molecule has 2 N–H and O–H groups in total. The van der Waals surface area contributed by atoms with Crippen LogP contribution in [0, 0.1) is 0 Å². The maximum Gasteiger partial charge on any atom is 0.256 e. The average molecular weight is 319 g/mol. The van der Waals surface area contributed by atoms with E-state index in [0.717, 1.165) is 16.8 Å². The standard InChI is InChI=1S/C19H13NO2S/c21-17-5-2-1-4-12(17)10-15-14-8-7-13(18-6-3-9-23-18)11-16(14)20-19(15)22/h1-11,21H,(H,20,22)/b15-10-. The number of phenols is 1. The second-order valence-corrected chi connectivity index (χ2v) is 6.26. The van der Waals surface area contributed by atoms with Crippen molar-refractivity contribution < 1.29 is 9.90 Å². The normalized spacial score (nSPS) is 14.8. The number of aromatic hydroxyl groups is 1. The number of nitrogens with one attached hydrogen (secondary N) is 1. The molecule has 1 amide bonds. The zero-order chi connectivity index (χ0) is 15.8. The number of rotatable bonds is 2. The Labute approximate surface area is 137 Å². The van der Waals surface area contributed by atoms with Gasteiger partial charge in [0.15, 0.2) is 0 Å². The summed E-state index contributed by atoms with van der Waals surface area (Å²) in [4.78, 5) is 13.5. The van der Waals surface area contributed by atoms with Crippen LogP contribution in [0.5, 0.6) is 5.75 Å². The van der Waals surface area contributed by atoms with E-state index in [-0.39, 0.29) is 11.7 Å². The molecule has 1 aliphatic rings. The average Bonchev–Trinajstić information content (AvgIpc) is 3.18. The number of amides is 1. The van der Waals surface area contributed by atoms with Gasteiger partial charge in [-0.1, -0.05) is 36.4 Å². The van der Waals surface area contributed by atoms with E-state index in [1.807, 2.05) is 35.7 Å². The summed E-state index contributed by atoms with van der Waals surface area (Å²) >= 11 is 1.67. The van der Waals surface area contributed by atoms with Crippen LogP contribution in [-0.4, -0.2) is 11.0 Å². The first-order valence-corrected chi connectivity index (χ1v) is 8.10. The largest absolute Gasteiger partial charge is 0.507 e. The lowest BCUT2D eigenvalue weighted by Crippen LogP contribution is -2.03. The maximum atomic E-state index is 12.3. The Kier molecular flexibility index (Phi) is 3.24. The number of thiophene rings is 1. The van der Waals surface area contributed by atoms with Crippen LogP contribution in [0.4, 0.5) is 5.69 Å². The van der Waals surface area contributed by atoms with Gasteiger partial charge in [0.05, 0.1) is 0 Å². The zero-order valence-corrected chi connectivity index (χ0v) is 12.9. The molecule has 4 rings (SSSR count). The van der Waals surface area contributed by atoms with Crippen LogP contribution in [-0.2, 0) is 4.79 Å². The van der Waals surface area contributed by atoms with Crippen molar-refractivity contribution in [2.75, 3.05) is 5.32 Å². The van der Waals surface area contributed by atoms with Crippen molar-refractivity contribution in [3.8, 4) is 16.2 Å². The van der Waals surface area contributed by atoms with Gasteiger partial charge in [-0.2, -0.15) is 0 Å².